The molecule has 1 saturated heterocycles. The monoisotopic (exact) mass is 392 g/mol. The Labute approximate surface area is 159 Å². The molecule has 2 aromatic rings. The van der Waals surface area contributed by atoms with Gasteiger partial charge in [0.1, 0.15) is 0 Å². The fraction of sp³-hybridized carbons (Fsp3) is 0.350. The minimum atomic E-state index is -4.69. The number of hydrogen-bond donors (Lipinski definition) is 1. The van der Waals surface area contributed by atoms with Crippen LogP contribution in [0.25, 0.3) is 0 Å². The summed E-state index contributed by atoms with van der Waals surface area (Å²) in [4.78, 5) is 28.7. The first-order chi connectivity index (χ1) is 13.3. The summed E-state index contributed by atoms with van der Waals surface area (Å²) in [6.07, 6.45) is -1.91. The van der Waals surface area contributed by atoms with Crippen LogP contribution in [0.2, 0.25) is 0 Å². The largest absolute Gasteiger partial charge is 0.478 e. The number of likely N-dealkylation sites (tertiary alicyclic amines) is 1. The van der Waals surface area contributed by atoms with Crippen molar-refractivity contribution in [3.05, 3.63) is 65.0 Å². The van der Waals surface area contributed by atoms with E-state index in [9.17, 15) is 27.9 Å². The molecule has 3 rings (SSSR count). The van der Waals surface area contributed by atoms with Crippen molar-refractivity contribution in [3.8, 4) is 0 Å². The van der Waals surface area contributed by atoms with Crippen LogP contribution in [0.3, 0.4) is 0 Å². The van der Waals surface area contributed by atoms with Gasteiger partial charge in [0.25, 0.3) is 5.91 Å². The minimum Gasteiger partial charge on any atom is -0.478 e. The zero-order valence-corrected chi connectivity index (χ0v) is 14.9. The van der Waals surface area contributed by atoms with E-state index in [1.807, 2.05) is 0 Å². The number of amides is 1. The van der Waals surface area contributed by atoms with Crippen LogP contribution in [-0.4, -0.2) is 40.0 Å². The molecule has 1 aromatic carbocycles. The minimum absolute atomic E-state index is 0.167. The van der Waals surface area contributed by atoms with Gasteiger partial charge in [-0.25, -0.2) is 4.79 Å². The van der Waals surface area contributed by atoms with E-state index >= 15 is 0 Å². The van der Waals surface area contributed by atoms with E-state index in [1.165, 1.54) is 11.0 Å². The molecule has 2 heterocycles. The van der Waals surface area contributed by atoms with Crippen molar-refractivity contribution in [2.45, 2.75) is 25.4 Å². The summed E-state index contributed by atoms with van der Waals surface area (Å²) in [6, 6.07) is 9.23. The van der Waals surface area contributed by atoms with Crippen molar-refractivity contribution in [1.29, 1.82) is 0 Å². The second kappa shape index (κ2) is 8.00. The summed E-state index contributed by atoms with van der Waals surface area (Å²) < 4.78 is 39.3. The second-order valence-corrected chi connectivity index (χ2v) is 6.80. The summed E-state index contributed by atoms with van der Waals surface area (Å²) in [5.41, 5.74) is -0.625. The molecule has 0 unspecified atom stereocenters. The van der Waals surface area contributed by atoms with Gasteiger partial charge in [-0.15, -0.1) is 0 Å². The average molecular weight is 392 g/mol. The van der Waals surface area contributed by atoms with Crippen molar-refractivity contribution in [2.75, 3.05) is 13.1 Å². The molecule has 0 atom stereocenters. The maximum atomic E-state index is 13.1. The number of aromatic nitrogens is 1. The zero-order chi connectivity index (χ0) is 20.3. The molecular formula is C20H19F3N2O3. The summed E-state index contributed by atoms with van der Waals surface area (Å²) >= 11 is 0. The van der Waals surface area contributed by atoms with Gasteiger partial charge in [-0.05, 0) is 48.9 Å². The number of nitrogens with zero attached hydrogens (tertiary/aromatic N) is 2. The maximum Gasteiger partial charge on any atom is 0.434 e. The molecule has 1 aliphatic rings. The highest BCUT2D eigenvalue weighted by atomic mass is 19.4. The Balaban J connectivity index is 1.67. The normalized spacial score (nSPS) is 15.5. The maximum absolute atomic E-state index is 13.1. The van der Waals surface area contributed by atoms with Crippen LogP contribution >= 0.6 is 0 Å². The number of piperidine rings is 1. The van der Waals surface area contributed by atoms with Crippen molar-refractivity contribution >= 4 is 11.9 Å². The van der Waals surface area contributed by atoms with Crippen LogP contribution in [0.4, 0.5) is 13.2 Å². The summed E-state index contributed by atoms with van der Waals surface area (Å²) in [7, 11) is 0. The van der Waals surface area contributed by atoms with Crippen molar-refractivity contribution in [3.63, 3.8) is 0 Å². The van der Waals surface area contributed by atoms with Gasteiger partial charge >= 0.3 is 12.1 Å². The van der Waals surface area contributed by atoms with Crippen LogP contribution in [0.5, 0.6) is 0 Å². The number of benzene rings is 1. The predicted molar refractivity (Wildman–Crippen MR) is 95.0 cm³/mol. The summed E-state index contributed by atoms with van der Waals surface area (Å²) in [5.74, 6) is -1.50. The molecule has 1 fully saturated rings. The lowest BCUT2D eigenvalue weighted by atomic mass is 9.88. The van der Waals surface area contributed by atoms with Crippen molar-refractivity contribution < 1.29 is 27.9 Å². The Morgan fingerprint density at radius 3 is 2.36 bits per heavy atom. The lowest BCUT2D eigenvalue weighted by Gasteiger charge is -2.32. The van der Waals surface area contributed by atoms with Gasteiger partial charge < -0.3 is 10.0 Å². The third-order valence-electron chi connectivity index (χ3n) is 4.96. The standard InChI is InChI=1S/C20H19F3N2O3/c21-20(22,23)17-16(6-3-9-24-17)18(26)25-10-7-13(8-11-25)12-14-4-1-2-5-15(14)19(27)28/h1-6,9,13H,7-8,10-12H2,(H,27,28). The fourth-order valence-corrected chi connectivity index (χ4v) is 3.53. The van der Waals surface area contributed by atoms with Crippen LogP contribution in [0.15, 0.2) is 42.6 Å². The van der Waals surface area contributed by atoms with E-state index in [0.717, 1.165) is 17.8 Å². The van der Waals surface area contributed by atoms with E-state index < -0.39 is 29.3 Å². The Kier molecular flexibility index (Phi) is 5.67. The van der Waals surface area contributed by atoms with Crippen molar-refractivity contribution in [1.82, 2.24) is 9.88 Å². The highest BCUT2D eigenvalue weighted by Crippen LogP contribution is 2.31. The van der Waals surface area contributed by atoms with Gasteiger partial charge in [-0.2, -0.15) is 13.2 Å². The number of carboxylic acid groups (broad SMARTS) is 1. The van der Waals surface area contributed by atoms with E-state index in [4.69, 9.17) is 0 Å². The molecule has 5 nitrogen and oxygen atoms in total. The number of carbonyl (C=O) groups excluding carboxylic acids is 1. The number of alkyl halides is 3. The zero-order valence-electron chi connectivity index (χ0n) is 14.9. The molecule has 1 aliphatic heterocycles. The predicted octanol–water partition coefficient (Wildman–Crippen LogP) is 3.89. The molecular weight excluding hydrogens is 373 g/mol. The van der Waals surface area contributed by atoms with Crippen LogP contribution in [0.1, 0.15) is 44.8 Å². The SMILES string of the molecule is O=C(O)c1ccccc1CC1CCN(C(=O)c2cccnc2C(F)(F)F)CC1. The molecule has 148 valence electrons. The van der Waals surface area contributed by atoms with Crippen molar-refractivity contribution in [2.24, 2.45) is 5.92 Å². The summed E-state index contributed by atoms with van der Waals surface area (Å²) in [5, 5.41) is 9.28. The lowest BCUT2D eigenvalue weighted by Crippen LogP contribution is -2.39. The number of carboxylic acids is 1. The number of carbonyl (C=O) groups is 2. The molecule has 28 heavy (non-hydrogen) atoms. The van der Waals surface area contributed by atoms with E-state index in [0.29, 0.717) is 32.4 Å². The number of hydrogen-bond acceptors (Lipinski definition) is 3. The van der Waals surface area contributed by atoms with Crippen LogP contribution in [-0.2, 0) is 12.6 Å². The molecule has 1 amide bonds. The first-order valence-electron chi connectivity index (χ1n) is 8.90. The van der Waals surface area contributed by atoms with Gasteiger partial charge in [0.15, 0.2) is 5.69 Å². The summed E-state index contributed by atoms with van der Waals surface area (Å²) in [6.45, 7) is 0.649. The molecule has 1 N–H and O–H groups in total. The Hall–Kier alpha value is -2.90. The molecule has 0 radical (unpaired) electrons. The topological polar surface area (TPSA) is 70.5 Å². The van der Waals surface area contributed by atoms with Gasteiger partial charge in [0.2, 0.25) is 0 Å². The van der Waals surface area contributed by atoms with Gasteiger partial charge in [0.05, 0.1) is 11.1 Å². The van der Waals surface area contributed by atoms with Gasteiger partial charge in [-0.1, -0.05) is 18.2 Å². The van der Waals surface area contributed by atoms with Crippen LogP contribution in [0, 0.1) is 5.92 Å². The molecule has 0 spiro atoms. The Morgan fingerprint density at radius 2 is 1.71 bits per heavy atom. The molecule has 8 heteroatoms. The lowest BCUT2D eigenvalue weighted by molar-refractivity contribution is -0.141. The van der Waals surface area contributed by atoms with Crippen LogP contribution < -0.4 is 0 Å². The molecule has 1 aromatic heterocycles. The highest BCUT2D eigenvalue weighted by molar-refractivity contribution is 5.95. The number of rotatable bonds is 4. The third kappa shape index (κ3) is 4.32. The van der Waals surface area contributed by atoms with Gasteiger partial charge in [-0.3, -0.25) is 9.78 Å². The Morgan fingerprint density at radius 1 is 1.07 bits per heavy atom. The van der Waals surface area contributed by atoms with E-state index in [-0.39, 0.29) is 11.5 Å². The number of aromatic carboxylic acids is 1. The fourth-order valence-electron chi connectivity index (χ4n) is 3.53. The molecule has 0 aliphatic carbocycles. The number of pyridine rings is 1. The number of halogens is 3. The molecule has 0 bridgehead atoms. The second-order valence-electron chi connectivity index (χ2n) is 6.80. The first-order valence-corrected chi connectivity index (χ1v) is 8.90. The van der Waals surface area contributed by atoms with E-state index in [2.05, 4.69) is 4.98 Å². The average Bonchev–Trinajstić information content (AvgIpc) is 2.67. The Bertz CT molecular complexity index is 875. The molecule has 0 saturated carbocycles. The van der Waals surface area contributed by atoms with Gasteiger partial charge in [0, 0.05) is 19.3 Å². The first kappa shape index (κ1) is 19.9. The third-order valence-corrected chi connectivity index (χ3v) is 4.96. The smallest absolute Gasteiger partial charge is 0.434 e. The highest BCUT2D eigenvalue weighted by Gasteiger charge is 2.38. The van der Waals surface area contributed by atoms with E-state index in [1.54, 1.807) is 24.3 Å². The quantitative estimate of drug-likeness (QED) is 0.857.